The SMILES string of the molecule is Cc1ccnc2cc(N)nn12. The van der Waals surface area contributed by atoms with Crippen LogP contribution in [0.25, 0.3) is 5.65 Å². The number of fused-ring (bicyclic) bond motifs is 1. The largest absolute Gasteiger partial charge is 0.382 e. The van der Waals surface area contributed by atoms with Crippen LogP contribution in [0.15, 0.2) is 18.3 Å². The third-order valence-corrected chi connectivity index (χ3v) is 1.57. The van der Waals surface area contributed by atoms with E-state index in [4.69, 9.17) is 5.73 Å². The molecule has 4 nitrogen and oxygen atoms in total. The fourth-order valence-corrected chi connectivity index (χ4v) is 1.03. The van der Waals surface area contributed by atoms with E-state index in [9.17, 15) is 0 Å². The van der Waals surface area contributed by atoms with Gasteiger partial charge in [0, 0.05) is 18.0 Å². The third kappa shape index (κ3) is 0.832. The zero-order chi connectivity index (χ0) is 7.84. The second-order valence-electron chi connectivity index (χ2n) is 2.43. The molecule has 0 aliphatic rings. The van der Waals surface area contributed by atoms with Crippen LogP contribution >= 0.6 is 0 Å². The summed E-state index contributed by atoms with van der Waals surface area (Å²) < 4.78 is 1.72. The van der Waals surface area contributed by atoms with Crippen molar-refractivity contribution in [3.05, 3.63) is 24.0 Å². The summed E-state index contributed by atoms with van der Waals surface area (Å²) in [5, 5.41) is 4.04. The van der Waals surface area contributed by atoms with E-state index in [2.05, 4.69) is 10.1 Å². The predicted octanol–water partition coefficient (Wildman–Crippen LogP) is 0.620. The first-order chi connectivity index (χ1) is 5.27. The second kappa shape index (κ2) is 1.95. The number of rotatable bonds is 0. The van der Waals surface area contributed by atoms with Crippen molar-refractivity contribution in [2.24, 2.45) is 0 Å². The van der Waals surface area contributed by atoms with Crippen LogP contribution < -0.4 is 5.73 Å². The highest BCUT2D eigenvalue weighted by Crippen LogP contribution is 2.06. The lowest BCUT2D eigenvalue weighted by Crippen LogP contribution is -1.94. The Bertz CT molecular complexity index is 390. The number of aryl methyl sites for hydroxylation is 1. The number of nitrogens with zero attached hydrogens (tertiary/aromatic N) is 3. The maximum atomic E-state index is 5.49. The number of aromatic nitrogens is 3. The van der Waals surface area contributed by atoms with E-state index in [0.717, 1.165) is 11.3 Å². The average molecular weight is 148 g/mol. The van der Waals surface area contributed by atoms with Gasteiger partial charge in [-0.1, -0.05) is 0 Å². The highest BCUT2D eigenvalue weighted by atomic mass is 15.3. The van der Waals surface area contributed by atoms with Crippen LogP contribution in [-0.4, -0.2) is 14.6 Å². The lowest BCUT2D eigenvalue weighted by molar-refractivity contribution is 0.900. The number of hydrogen-bond donors (Lipinski definition) is 1. The summed E-state index contributed by atoms with van der Waals surface area (Å²) in [5.41, 5.74) is 7.32. The van der Waals surface area contributed by atoms with Gasteiger partial charge in [-0.2, -0.15) is 0 Å². The quantitative estimate of drug-likeness (QED) is 0.595. The topological polar surface area (TPSA) is 56.2 Å². The van der Waals surface area contributed by atoms with Crippen molar-refractivity contribution in [2.75, 3.05) is 5.73 Å². The van der Waals surface area contributed by atoms with E-state index in [0.29, 0.717) is 5.82 Å². The van der Waals surface area contributed by atoms with Gasteiger partial charge in [0.25, 0.3) is 0 Å². The molecule has 4 heteroatoms. The van der Waals surface area contributed by atoms with Crippen LogP contribution in [0.3, 0.4) is 0 Å². The van der Waals surface area contributed by atoms with E-state index >= 15 is 0 Å². The molecule has 0 amide bonds. The Balaban J connectivity index is 2.90. The molecule has 11 heavy (non-hydrogen) atoms. The molecule has 0 saturated heterocycles. The van der Waals surface area contributed by atoms with Crippen LogP contribution in [0, 0.1) is 6.92 Å². The highest BCUT2D eigenvalue weighted by molar-refractivity contribution is 5.47. The maximum Gasteiger partial charge on any atom is 0.157 e. The molecule has 0 aliphatic heterocycles. The Hall–Kier alpha value is -1.58. The first-order valence-corrected chi connectivity index (χ1v) is 3.34. The van der Waals surface area contributed by atoms with Crippen LogP contribution in [0.4, 0.5) is 5.82 Å². The molecule has 2 rings (SSSR count). The van der Waals surface area contributed by atoms with Gasteiger partial charge in [-0.3, -0.25) is 0 Å². The van der Waals surface area contributed by atoms with Gasteiger partial charge in [-0.25, -0.2) is 9.50 Å². The number of hydrogen-bond acceptors (Lipinski definition) is 3. The first-order valence-electron chi connectivity index (χ1n) is 3.34. The van der Waals surface area contributed by atoms with Crippen molar-refractivity contribution in [1.29, 1.82) is 0 Å². The number of nitrogens with two attached hydrogens (primary N) is 1. The summed E-state index contributed by atoms with van der Waals surface area (Å²) in [6.07, 6.45) is 1.74. The molecule has 2 aromatic heterocycles. The molecule has 2 aromatic rings. The molecule has 0 radical (unpaired) electrons. The maximum absolute atomic E-state index is 5.49. The number of anilines is 1. The van der Waals surface area contributed by atoms with E-state index in [1.165, 1.54) is 0 Å². The minimum absolute atomic E-state index is 0.506. The minimum atomic E-state index is 0.506. The Morgan fingerprint density at radius 2 is 2.36 bits per heavy atom. The molecule has 0 aliphatic carbocycles. The average Bonchev–Trinajstić information content (AvgIpc) is 2.31. The molecule has 0 saturated carbocycles. The van der Waals surface area contributed by atoms with Crippen LogP contribution in [0.5, 0.6) is 0 Å². The molecule has 0 bridgehead atoms. The van der Waals surface area contributed by atoms with E-state index in [1.807, 2.05) is 13.0 Å². The summed E-state index contributed by atoms with van der Waals surface area (Å²) in [5.74, 6) is 0.506. The van der Waals surface area contributed by atoms with Crippen LogP contribution in [0.2, 0.25) is 0 Å². The van der Waals surface area contributed by atoms with Gasteiger partial charge >= 0.3 is 0 Å². The van der Waals surface area contributed by atoms with Crippen molar-refractivity contribution >= 4 is 11.5 Å². The van der Waals surface area contributed by atoms with E-state index in [1.54, 1.807) is 16.8 Å². The summed E-state index contributed by atoms with van der Waals surface area (Å²) in [6.45, 7) is 1.96. The normalized spacial score (nSPS) is 10.6. The highest BCUT2D eigenvalue weighted by Gasteiger charge is 1.98. The molecular weight excluding hydrogens is 140 g/mol. The van der Waals surface area contributed by atoms with Crippen molar-refractivity contribution in [3.63, 3.8) is 0 Å². The zero-order valence-electron chi connectivity index (χ0n) is 6.15. The summed E-state index contributed by atoms with van der Waals surface area (Å²) in [6, 6.07) is 3.63. The molecule has 0 unspecified atom stereocenters. The fraction of sp³-hybridized carbons (Fsp3) is 0.143. The van der Waals surface area contributed by atoms with Gasteiger partial charge in [0.2, 0.25) is 0 Å². The van der Waals surface area contributed by atoms with E-state index in [-0.39, 0.29) is 0 Å². The van der Waals surface area contributed by atoms with Gasteiger partial charge < -0.3 is 5.73 Å². The molecule has 2 N–H and O–H groups in total. The van der Waals surface area contributed by atoms with Crippen LogP contribution in [-0.2, 0) is 0 Å². The molecule has 56 valence electrons. The van der Waals surface area contributed by atoms with Crippen molar-refractivity contribution in [1.82, 2.24) is 14.6 Å². The summed E-state index contributed by atoms with van der Waals surface area (Å²) in [7, 11) is 0. The Morgan fingerprint density at radius 3 is 3.09 bits per heavy atom. The van der Waals surface area contributed by atoms with Gasteiger partial charge in [-0.15, -0.1) is 5.10 Å². The summed E-state index contributed by atoms with van der Waals surface area (Å²) in [4.78, 5) is 4.08. The first kappa shape index (κ1) is 6.15. The van der Waals surface area contributed by atoms with Crippen molar-refractivity contribution in [2.45, 2.75) is 6.92 Å². The Kier molecular flexibility index (Phi) is 1.09. The Labute approximate surface area is 63.7 Å². The second-order valence-corrected chi connectivity index (χ2v) is 2.43. The van der Waals surface area contributed by atoms with Gasteiger partial charge in [0.1, 0.15) is 5.82 Å². The van der Waals surface area contributed by atoms with Gasteiger partial charge in [0.05, 0.1) is 0 Å². The minimum Gasteiger partial charge on any atom is -0.382 e. The van der Waals surface area contributed by atoms with Crippen molar-refractivity contribution in [3.8, 4) is 0 Å². The zero-order valence-corrected chi connectivity index (χ0v) is 6.15. The molecule has 0 spiro atoms. The van der Waals surface area contributed by atoms with Gasteiger partial charge in [0.15, 0.2) is 5.65 Å². The lowest BCUT2D eigenvalue weighted by Gasteiger charge is -1.94. The number of nitrogen functional groups attached to an aromatic ring is 1. The summed E-state index contributed by atoms with van der Waals surface area (Å²) >= 11 is 0. The fourth-order valence-electron chi connectivity index (χ4n) is 1.03. The molecule has 0 atom stereocenters. The van der Waals surface area contributed by atoms with Crippen molar-refractivity contribution < 1.29 is 0 Å². The van der Waals surface area contributed by atoms with E-state index < -0.39 is 0 Å². The molecule has 0 aromatic carbocycles. The van der Waals surface area contributed by atoms with Crippen LogP contribution in [0.1, 0.15) is 5.69 Å². The monoisotopic (exact) mass is 148 g/mol. The Morgan fingerprint density at radius 1 is 1.55 bits per heavy atom. The lowest BCUT2D eigenvalue weighted by atomic mass is 10.4. The third-order valence-electron chi connectivity index (χ3n) is 1.57. The molecule has 0 fully saturated rings. The molecular formula is C7H8N4. The molecule has 2 heterocycles. The standard InChI is InChI=1S/C7H8N4/c1-5-2-3-9-7-4-6(8)10-11(5)7/h2-4H,1H3,(H2,8,10). The smallest absolute Gasteiger partial charge is 0.157 e. The predicted molar refractivity (Wildman–Crippen MR) is 42.1 cm³/mol. The van der Waals surface area contributed by atoms with Gasteiger partial charge in [-0.05, 0) is 13.0 Å².